The number of fused-ring (bicyclic) bond motifs is 4. The van der Waals surface area contributed by atoms with Gasteiger partial charge < -0.3 is 39.2 Å². The van der Waals surface area contributed by atoms with Crippen LogP contribution in [0.2, 0.25) is 0 Å². The molecule has 0 spiro atoms. The van der Waals surface area contributed by atoms with Crippen molar-refractivity contribution in [3.8, 4) is 0 Å². The molecular weight excluding hydrogens is 684 g/mol. The second kappa shape index (κ2) is 11.3. The van der Waals surface area contributed by atoms with Gasteiger partial charge in [0.1, 0.15) is 36.3 Å². The Labute approximate surface area is 260 Å². The van der Waals surface area contributed by atoms with Gasteiger partial charge in [0.15, 0.2) is 35.0 Å². The summed E-state index contributed by atoms with van der Waals surface area (Å²) in [4.78, 5) is 45.6. The molecule has 24 heteroatoms. The van der Waals surface area contributed by atoms with E-state index in [1.165, 1.54) is 17.2 Å². The van der Waals surface area contributed by atoms with Crippen molar-refractivity contribution in [3.63, 3.8) is 0 Å². The van der Waals surface area contributed by atoms with E-state index in [2.05, 4.69) is 42.2 Å². The molecule has 1 saturated carbocycles. The molecule has 0 bridgehead atoms. The quantitative estimate of drug-likeness (QED) is 0.146. The Morgan fingerprint density at radius 3 is 2.58 bits per heavy atom. The lowest BCUT2D eigenvalue weighted by Gasteiger charge is -2.30. The van der Waals surface area contributed by atoms with Gasteiger partial charge in [-0.1, -0.05) is 12.2 Å². The third kappa shape index (κ3) is 5.56. The van der Waals surface area contributed by atoms with Gasteiger partial charge >= 0.3 is 13.5 Å². The number of nitrogens with one attached hydrogen (secondary N) is 1. The summed E-state index contributed by atoms with van der Waals surface area (Å²) in [6, 6.07) is -0.943. The number of anilines is 2. The van der Waals surface area contributed by atoms with Crippen LogP contribution in [0.25, 0.3) is 22.3 Å². The summed E-state index contributed by atoms with van der Waals surface area (Å²) in [5, 5.41) is 0. The van der Waals surface area contributed by atoms with E-state index < -0.39 is 81.1 Å². The van der Waals surface area contributed by atoms with E-state index in [0.29, 0.717) is 0 Å². The molecule has 0 aromatic carbocycles. The summed E-state index contributed by atoms with van der Waals surface area (Å²) < 4.78 is 76.1. The predicted molar refractivity (Wildman–Crippen MR) is 158 cm³/mol. The number of ether oxygens (including phenoxy) is 1. The molecule has 3 aliphatic rings. The molecule has 10 atom stereocenters. The number of hydrogen-bond donors (Lipinski definition) is 5. The normalized spacial score (nSPS) is 37.7. The largest absolute Gasteiger partial charge is 0.386 e. The van der Waals surface area contributed by atoms with Gasteiger partial charge in [-0.25, -0.2) is 33.3 Å². The van der Waals surface area contributed by atoms with Crippen molar-refractivity contribution < 1.29 is 41.1 Å². The maximum Gasteiger partial charge on any atom is 0.386 e. The highest BCUT2D eigenvalue weighted by atomic mass is 32.7. The number of rotatable bonds is 2. The fraction of sp³-hybridized carbons (Fsp3) is 0.524. The second-order valence-corrected chi connectivity index (χ2v) is 16.2. The van der Waals surface area contributed by atoms with E-state index in [9.17, 15) is 14.3 Å². The highest BCUT2D eigenvalue weighted by Crippen LogP contribution is 2.59. The number of H-pyrrole nitrogens is 1. The monoisotopic (exact) mass is 708 g/mol. The van der Waals surface area contributed by atoms with Crippen molar-refractivity contribution in [2.75, 3.05) is 24.7 Å². The molecule has 242 valence electrons. The van der Waals surface area contributed by atoms with Crippen molar-refractivity contribution in [2.24, 2.45) is 5.92 Å². The number of aromatic nitrogens is 8. The van der Waals surface area contributed by atoms with Crippen molar-refractivity contribution >= 4 is 71.7 Å². The first-order chi connectivity index (χ1) is 21.3. The highest BCUT2D eigenvalue weighted by Gasteiger charge is 2.53. The summed E-state index contributed by atoms with van der Waals surface area (Å²) in [5.41, 5.74) is 11.1. The van der Waals surface area contributed by atoms with Crippen LogP contribution in [-0.2, 0) is 39.2 Å². The van der Waals surface area contributed by atoms with Crippen molar-refractivity contribution in [1.29, 1.82) is 0 Å². The van der Waals surface area contributed by atoms with Crippen LogP contribution < -0.4 is 17.0 Å². The Hall–Kier alpha value is -2.65. The fourth-order valence-electron chi connectivity index (χ4n) is 5.77. The van der Waals surface area contributed by atoms with Crippen molar-refractivity contribution in [3.05, 3.63) is 29.3 Å². The van der Waals surface area contributed by atoms with Crippen LogP contribution in [0, 0.1) is 5.92 Å². The number of nitrogens with zero attached hydrogens (tertiary/aromatic N) is 7. The number of halogens is 2. The Morgan fingerprint density at radius 2 is 1.78 bits per heavy atom. The number of aromatic amines is 1. The first kappa shape index (κ1) is 31.0. The topological polar surface area (TPSA) is 243 Å². The second-order valence-electron chi connectivity index (χ2n) is 10.5. The molecule has 2 aliphatic heterocycles. The third-order valence-electron chi connectivity index (χ3n) is 7.79. The number of thiol groups is 1. The zero-order valence-electron chi connectivity index (χ0n) is 22.6. The van der Waals surface area contributed by atoms with Gasteiger partial charge in [0.25, 0.3) is 5.56 Å². The number of nitrogens with two attached hydrogens (primary N) is 2. The van der Waals surface area contributed by atoms with E-state index in [1.807, 2.05) is 0 Å². The Morgan fingerprint density at radius 1 is 1.02 bits per heavy atom. The minimum atomic E-state index is -4.35. The van der Waals surface area contributed by atoms with Crippen LogP contribution in [0.5, 0.6) is 0 Å². The van der Waals surface area contributed by atoms with E-state index in [0.717, 1.165) is 10.9 Å². The molecule has 45 heavy (non-hydrogen) atoms. The minimum Gasteiger partial charge on any atom is -0.382 e. The molecule has 6 N–H and O–H groups in total. The molecule has 6 heterocycles. The van der Waals surface area contributed by atoms with Gasteiger partial charge in [0.05, 0.1) is 31.9 Å². The van der Waals surface area contributed by atoms with E-state index in [1.54, 1.807) is 0 Å². The molecule has 4 aromatic rings. The number of hydrogen-bond acceptors (Lipinski definition) is 15. The summed E-state index contributed by atoms with van der Waals surface area (Å²) in [6.45, 7) is -9.64. The zero-order valence-corrected chi connectivity index (χ0v) is 26.1. The average molecular weight is 709 g/mol. The van der Waals surface area contributed by atoms with Gasteiger partial charge in [0, 0.05) is 5.92 Å². The van der Waals surface area contributed by atoms with Gasteiger partial charge in [-0.15, -0.1) is 0 Å². The molecular formula is C21H24F2N10O8P2S2. The van der Waals surface area contributed by atoms with Gasteiger partial charge in [-0.3, -0.25) is 18.9 Å². The van der Waals surface area contributed by atoms with Crippen LogP contribution in [0.1, 0.15) is 18.7 Å². The van der Waals surface area contributed by atoms with Gasteiger partial charge in [-0.2, -0.15) is 4.98 Å². The summed E-state index contributed by atoms with van der Waals surface area (Å²) >= 11 is 9.22. The van der Waals surface area contributed by atoms with Gasteiger partial charge in [-0.05, 0) is 18.2 Å². The van der Waals surface area contributed by atoms with Crippen molar-refractivity contribution in [1.82, 2.24) is 39.0 Å². The molecule has 4 aromatic heterocycles. The van der Waals surface area contributed by atoms with E-state index >= 15 is 8.78 Å². The minimum absolute atomic E-state index is 0.0241. The number of alkyl halides is 2. The Bertz CT molecular complexity index is 1950. The molecule has 10 unspecified atom stereocenters. The first-order valence-corrected chi connectivity index (χ1v) is 18.5. The lowest BCUT2D eigenvalue weighted by Crippen LogP contribution is -2.35. The molecule has 7 rings (SSSR count). The molecule has 3 fully saturated rings. The van der Waals surface area contributed by atoms with Crippen molar-refractivity contribution in [2.45, 2.75) is 49.3 Å². The highest BCUT2D eigenvalue weighted by molar-refractivity contribution is 8.44. The zero-order chi connectivity index (χ0) is 31.8. The molecule has 0 radical (unpaired) electrons. The fourth-order valence-corrected chi connectivity index (χ4v) is 8.77. The van der Waals surface area contributed by atoms with Gasteiger partial charge in [0.2, 0.25) is 5.95 Å². The lowest BCUT2D eigenvalue weighted by atomic mass is 10.1. The summed E-state index contributed by atoms with van der Waals surface area (Å²) in [7, 11) is 0. The van der Waals surface area contributed by atoms with E-state index in [4.69, 9.17) is 46.1 Å². The van der Waals surface area contributed by atoms with Crippen LogP contribution >= 0.6 is 25.8 Å². The Balaban J connectivity index is 1.17. The molecule has 1 aliphatic carbocycles. The van der Waals surface area contributed by atoms with Crippen LogP contribution in [0.4, 0.5) is 20.5 Å². The smallest absolute Gasteiger partial charge is 0.382 e. The molecule has 18 nitrogen and oxygen atoms in total. The predicted octanol–water partition coefficient (Wildman–Crippen LogP) is 1.33. The molecule has 2 saturated heterocycles. The third-order valence-corrected chi connectivity index (χ3v) is 11.0. The summed E-state index contributed by atoms with van der Waals surface area (Å²) in [5.74, 6) is -1.01. The molecule has 0 amide bonds. The summed E-state index contributed by atoms with van der Waals surface area (Å²) in [6.07, 6.45) is -6.15. The SMILES string of the molecule is Nc1nc2c(ncn2C2OC3COP(O)(=S)OC4C(COP(=O)(S)OC3C2F)CC(n2cnc3c(N)ncnc32)C4F)c(=O)[nH]1. The lowest BCUT2D eigenvalue weighted by molar-refractivity contribution is -0.0472. The standard InChI is InChI=1S/C21H24F2N10O8P2S2/c22-10-8(32-5-28-12-16(24)26-4-27-17(12)32)1-7-2-37-42(35,44)41-15-9(3-38-43(36,45)40-14(7)10)39-20(11(15)23)33-6-29-13-18(33)30-21(25)31-19(13)34/h4-11,14-15,20H,1-3H2,(H,35,44)(H,36,45)(H2,24,26,27)(H3,25,30,31,34). The maximum atomic E-state index is 16.1. The van der Waals surface area contributed by atoms with Crippen LogP contribution in [0.15, 0.2) is 23.8 Å². The maximum absolute atomic E-state index is 16.1. The van der Waals surface area contributed by atoms with Crippen LogP contribution in [-0.4, -0.2) is 87.8 Å². The average Bonchev–Trinajstić information content (AvgIpc) is 3.72. The first-order valence-electron chi connectivity index (χ1n) is 13.2. The number of imidazole rings is 2. The van der Waals surface area contributed by atoms with Crippen LogP contribution in [0.3, 0.4) is 0 Å². The number of nitrogen functional groups attached to an aromatic ring is 2. The van der Waals surface area contributed by atoms with E-state index in [-0.39, 0.29) is 40.5 Å². The Kier molecular flexibility index (Phi) is 7.75.